The number of aromatic nitrogens is 1. The van der Waals surface area contributed by atoms with Crippen LogP contribution in [-0.4, -0.2) is 37.7 Å². The Morgan fingerprint density at radius 1 is 0.906 bits per heavy atom. The summed E-state index contributed by atoms with van der Waals surface area (Å²) in [6.07, 6.45) is 0.145. The predicted molar refractivity (Wildman–Crippen MR) is 124 cm³/mol. The van der Waals surface area contributed by atoms with Gasteiger partial charge in [-0.15, -0.1) is 11.3 Å². The van der Waals surface area contributed by atoms with Gasteiger partial charge in [0.05, 0.1) is 44.4 Å². The maximum absolute atomic E-state index is 12.1. The van der Waals surface area contributed by atoms with Crippen molar-refractivity contribution < 1.29 is 23.8 Å². The third-order valence-electron chi connectivity index (χ3n) is 4.69. The van der Waals surface area contributed by atoms with Gasteiger partial charge in [-0.2, -0.15) is 0 Å². The predicted octanol–water partition coefficient (Wildman–Crippen LogP) is 4.45. The zero-order valence-corrected chi connectivity index (χ0v) is 19.2. The van der Waals surface area contributed by atoms with Crippen molar-refractivity contribution in [3.8, 4) is 33.2 Å². The fourth-order valence-electron chi connectivity index (χ4n) is 3.03. The lowest BCUT2D eigenvalue weighted by Crippen LogP contribution is -2.23. The van der Waals surface area contributed by atoms with Gasteiger partial charge in [-0.1, -0.05) is 0 Å². The van der Waals surface area contributed by atoms with Crippen molar-refractivity contribution in [3.63, 3.8) is 0 Å². The van der Waals surface area contributed by atoms with Crippen molar-refractivity contribution in [1.82, 2.24) is 10.3 Å². The summed E-state index contributed by atoms with van der Waals surface area (Å²) >= 11 is 1.52. The number of rotatable bonds is 10. The third-order valence-corrected chi connectivity index (χ3v) is 5.79. The van der Waals surface area contributed by atoms with Gasteiger partial charge in [0.1, 0.15) is 16.5 Å². The van der Waals surface area contributed by atoms with E-state index in [-0.39, 0.29) is 31.3 Å². The zero-order chi connectivity index (χ0) is 22.9. The lowest BCUT2D eigenvalue weighted by molar-refractivity contribution is -0.144. The second-order valence-electron chi connectivity index (χ2n) is 6.82. The molecule has 1 N–H and O–H groups in total. The number of nitrogens with one attached hydrogen (secondary N) is 1. The number of esters is 1. The number of hydrogen-bond acceptors (Lipinski definition) is 7. The Labute approximate surface area is 191 Å². The van der Waals surface area contributed by atoms with Gasteiger partial charge in [0.15, 0.2) is 0 Å². The van der Waals surface area contributed by atoms with Crippen molar-refractivity contribution in [2.45, 2.75) is 26.3 Å². The molecule has 3 aromatic rings. The Kier molecular flexibility index (Phi) is 8.21. The minimum Gasteiger partial charge on any atom is -0.497 e. The molecule has 8 heteroatoms. The molecule has 2 aromatic carbocycles. The molecule has 0 aliphatic carbocycles. The van der Waals surface area contributed by atoms with Crippen LogP contribution in [0.1, 0.15) is 24.8 Å². The van der Waals surface area contributed by atoms with E-state index < -0.39 is 0 Å². The van der Waals surface area contributed by atoms with Crippen LogP contribution in [0.4, 0.5) is 0 Å². The SMILES string of the molecule is CCOC(=O)CCC(=O)NCc1nc(-c2ccc(OC)cc2)c(-c2ccc(OC)cc2)s1. The van der Waals surface area contributed by atoms with Gasteiger partial charge >= 0.3 is 5.97 Å². The number of methoxy groups -OCH3 is 2. The number of carbonyl (C=O) groups is 2. The zero-order valence-electron chi connectivity index (χ0n) is 18.3. The minimum absolute atomic E-state index is 0.0612. The number of thiazole rings is 1. The maximum Gasteiger partial charge on any atom is 0.306 e. The Morgan fingerprint density at radius 2 is 1.50 bits per heavy atom. The molecule has 0 bridgehead atoms. The number of benzene rings is 2. The van der Waals surface area contributed by atoms with Crippen molar-refractivity contribution in [2.75, 3.05) is 20.8 Å². The highest BCUT2D eigenvalue weighted by Crippen LogP contribution is 2.38. The first-order chi connectivity index (χ1) is 15.5. The number of hydrogen-bond donors (Lipinski definition) is 1. The van der Waals surface area contributed by atoms with E-state index in [9.17, 15) is 9.59 Å². The first-order valence-corrected chi connectivity index (χ1v) is 11.1. The first-order valence-electron chi connectivity index (χ1n) is 10.2. The molecule has 0 aliphatic rings. The van der Waals surface area contributed by atoms with E-state index in [0.717, 1.165) is 38.2 Å². The number of nitrogens with zero attached hydrogens (tertiary/aromatic N) is 1. The van der Waals surface area contributed by atoms with Gasteiger partial charge in [-0.25, -0.2) is 4.98 Å². The molecule has 0 radical (unpaired) electrons. The molecule has 3 rings (SSSR count). The normalized spacial score (nSPS) is 10.5. The summed E-state index contributed by atoms with van der Waals surface area (Å²) in [5.41, 5.74) is 2.79. The molecule has 168 valence electrons. The molecule has 0 saturated heterocycles. The molecule has 1 heterocycles. The van der Waals surface area contributed by atoms with Gasteiger partial charge in [-0.3, -0.25) is 9.59 Å². The van der Waals surface area contributed by atoms with E-state index in [2.05, 4.69) is 5.32 Å². The van der Waals surface area contributed by atoms with E-state index >= 15 is 0 Å². The van der Waals surface area contributed by atoms with Crippen LogP contribution in [0.2, 0.25) is 0 Å². The highest BCUT2D eigenvalue weighted by atomic mass is 32.1. The summed E-state index contributed by atoms with van der Waals surface area (Å²) in [6, 6.07) is 15.5. The fourth-order valence-corrected chi connectivity index (χ4v) is 4.06. The molecular weight excluding hydrogens is 428 g/mol. The van der Waals surface area contributed by atoms with Gasteiger partial charge in [0, 0.05) is 12.0 Å². The monoisotopic (exact) mass is 454 g/mol. The average molecular weight is 455 g/mol. The van der Waals surface area contributed by atoms with Crippen LogP contribution in [0.15, 0.2) is 48.5 Å². The molecule has 0 unspecified atom stereocenters. The molecule has 32 heavy (non-hydrogen) atoms. The van der Waals surface area contributed by atoms with Gasteiger partial charge in [0.2, 0.25) is 5.91 Å². The summed E-state index contributed by atoms with van der Waals surface area (Å²) in [5, 5.41) is 3.61. The molecule has 1 aromatic heterocycles. The van der Waals surface area contributed by atoms with E-state index in [4.69, 9.17) is 19.2 Å². The second kappa shape index (κ2) is 11.3. The molecule has 7 nitrogen and oxygen atoms in total. The number of ether oxygens (including phenoxy) is 3. The van der Waals surface area contributed by atoms with E-state index in [1.807, 2.05) is 48.5 Å². The van der Waals surface area contributed by atoms with Crippen molar-refractivity contribution in [2.24, 2.45) is 0 Å². The minimum atomic E-state index is -0.375. The second-order valence-corrected chi connectivity index (χ2v) is 7.91. The Hall–Kier alpha value is -3.39. The molecule has 0 atom stereocenters. The Morgan fingerprint density at radius 3 is 2.06 bits per heavy atom. The topological polar surface area (TPSA) is 86.8 Å². The highest BCUT2D eigenvalue weighted by Gasteiger charge is 2.16. The van der Waals surface area contributed by atoms with E-state index in [0.29, 0.717) is 6.61 Å². The summed E-state index contributed by atoms with van der Waals surface area (Å²) < 4.78 is 15.4. The van der Waals surface area contributed by atoms with Gasteiger partial charge < -0.3 is 19.5 Å². The van der Waals surface area contributed by atoms with E-state index in [1.54, 1.807) is 21.1 Å². The Balaban J connectivity index is 1.80. The van der Waals surface area contributed by atoms with E-state index in [1.165, 1.54) is 11.3 Å². The largest absolute Gasteiger partial charge is 0.497 e. The van der Waals surface area contributed by atoms with Crippen LogP contribution in [0.5, 0.6) is 11.5 Å². The maximum atomic E-state index is 12.1. The van der Waals surface area contributed by atoms with Crippen LogP contribution in [0.25, 0.3) is 21.7 Å². The summed E-state index contributed by atoms with van der Waals surface area (Å²) in [6.45, 7) is 2.33. The molecule has 0 spiro atoms. The van der Waals surface area contributed by atoms with Crippen molar-refractivity contribution in [3.05, 3.63) is 53.5 Å². The summed E-state index contributed by atoms with van der Waals surface area (Å²) in [5.74, 6) is 0.952. The quantitative estimate of drug-likeness (QED) is 0.456. The van der Waals surface area contributed by atoms with Crippen LogP contribution in [-0.2, 0) is 20.9 Å². The summed E-state index contributed by atoms with van der Waals surface area (Å²) in [7, 11) is 3.26. The fraction of sp³-hybridized carbons (Fsp3) is 0.292. The third kappa shape index (κ3) is 6.07. The van der Waals surface area contributed by atoms with Crippen molar-refractivity contribution >= 4 is 23.2 Å². The average Bonchev–Trinajstić information content (AvgIpc) is 3.26. The first kappa shape index (κ1) is 23.3. The molecular formula is C24H26N2O5S. The molecule has 1 amide bonds. The number of carbonyl (C=O) groups excluding carboxylic acids is 2. The van der Waals surface area contributed by atoms with Gasteiger partial charge in [-0.05, 0) is 61.0 Å². The molecule has 0 fully saturated rings. The Bertz CT molecular complexity index is 980. The molecule has 0 aliphatic heterocycles. The lowest BCUT2D eigenvalue weighted by atomic mass is 10.1. The van der Waals surface area contributed by atoms with Crippen LogP contribution in [0, 0.1) is 0 Å². The van der Waals surface area contributed by atoms with Crippen LogP contribution < -0.4 is 14.8 Å². The molecule has 0 saturated carbocycles. The standard InChI is InChI=1S/C24H26N2O5S/c1-4-31-22(28)14-13-20(27)25-15-21-26-23(16-5-9-18(29-2)10-6-16)24(32-21)17-7-11-19(30-3)12-8-17/h5-12H,4,13-15H2,1-3H3,(H,25,27). The van der Waals surface area contributed by atoms with Crippen molar-refractivity contribution in [1.29, 1.82) is 0 Å². The highest BCUT2D eigenvalue weighted by molar-refractivity contribution is 7.15. The van der Waals surface area contributed by atoms with Gasteiger partial charge in [0.25, 0.3) is 0 Å². The van der Waals surface area contributed by atoms with Crippen LogP contribution in [0.3, 0.4) is 0 Å². The van der Waals surface area contributed by atoms with Crippen LogP contribution >= 0.6 is 11.3 Å². The number of amides is 1. The lowest BCUT2D eigenvalue weighted by Gasteiger charge is -2.05. The smallest absolute Gasteiger partial charge is 0.306 e. The summed E-state index contributed by atoms with van der Waals surface area (Å²) in [4.78, 5) is 29.4.